The summed E-state index contributed by atoms with van der Waals surface area (Å²) in [5.41, 5.74) is 2.90. The fraction of sp³-hybridized carbons (Fsp3) is 0.115. The predicted octanol–water partition coefficient (Wildman–Crippen LogP) is 4.75. The Labute approximate surface area is 203 Å². The molecule has 4 aromatic rings. The lowest BCUT2D eigenvalue weighted by molar-refractivity contribution is 0.174. The summed E-state index contributed by atoms with van der Waals surface area (Å²) >= 11 is 0. The molecule has 2 heterocycles. The minimum Gasteiger partial charge on any atom is -0.479 e. The second-order valence-electron chi connectivity index (χ2n) is 7.80. The number of ether oxygens (including phenoxy) is 3. The number of rotatable bonds is 8. The quantitative estimate of drug-likeness (QED) is 0.384. The van der Waals surface area contributed by atoms with Crippen molar-refractivity contribution in [3.05, 3.63) is 95.4 Å². The Bertz CT molecular complexity index is 1470. The van der Waals surface area contributed by atoms with Gasteiger partial charge in [0.2, 0.25) is 12.7 Å². The van der Waals surface area contributed by atoms with Crippen molar-refractivity contribution in [3.8, 4) is 28.5 Å². The third-order valence-electron chi connectivity index (χ3n) is 5.43. The maximum absolute atomic E-state index is 13.1. The van der Waals surface area contributed by atoms with Crippen LogP contribution in [0.5, 0.6) is 17.4 Å². The summed E-state index contributed by atoms with van der Waals surface area (Å²) in [5.74, 6) is 1.75. The van der Waals surface area contributed by atoms with Crippen LogP contribution in [0.25, 0.3) is 17.2 Å². The summed E-state index contributed by atoms with van der Waals surface area (Å²) in [6.45, 7) is 0.467. The summed E-state index contributed by atoms with van der Waals surface area (Å²) in [6, 6.07) is 24.2. The van der Waals surface area contributed by atoms with Crippen LogP contribution in [-0.2, 0) is 16.6 Å². The van der Waals surface area contributed by atoms with Gasteiger partial charge in [0.05, 0.1) is 24.6 Å². The number of benzene rings is 3. The third-order valence-corrected chi connectivity index (χ3v) is 6.40. The Morgan fingerprint density at radius 1 is 1.00 bits per heavy atom. The summed E-state index contributed by atoms with van der Waals surface area (Å²) < 4.78 is 47.0. The van der Waals surface area contributed by atoms with Gasteiger partial charge in [0, 0.05) is 0 Å². The second-order valence-corrected chi connectivity index (χ2v) is 9.37. The molecule has 0 fully saturated rings. The standard InChI is InChI=1S/C26H23N3O5S/c1-32-26-24(21-12-13-22-23(16-21)34-18-33-22)25(29(27-26)17-20-10-6-3-7-11-20)28-35(30,31)15-14-19-8-4-2-5-9-19/h2-16,28H,17-18H2,1H3/b15-14+. The van der Waals surface area contributed by atoms with Crippen molar-refractivity contribution >= 4 is 21.9 Å². The summed E-state index contributed by atoms with van der Waals surface area (Å²) in [7, 11) is -2.39. The molecule has 0 aliphatic carbocycles. The first-order valence-electron chi connectivity index (χ1n) is 10.9. The molecule has 1 N–H and O–H groups in total. The van der Waals surface area contributed by atoms with Crippen LogP contribution in [0.1, 0.15) is 11.1 Å². The van der Waals surface area contributed by atoms with E-state index in [-0.39, 0.29) is 18.5 Å². The fourth-order valence-electron chi connectivity index (χ4n) is 3.77. The van der Waals surface area contributed by atoms with Crippen molar-refractivity contribution in [2.45, 2.75) is 6.54 Å². The minimum absolute atomic E-state index is 0.132. The van der Waals surface area contributed by atoms with E-state index in [4.69, 9.17) is 14.2 Å². The van der Waals surface area contributed by atoms with E-state index in [1.807, 2.05) is 66.7 Å². The molecule has 3 aromatic carbocycles. The van der Waals surface area contributed by atoms with Crippen LogP contribution in [0, 0.1) is 0 Å². The van der Waals surface area contributed by atoms with Crippen molar-refractivity contribution in [2.75, 3.05) is 18.6 Å². The maximum Gasteiger partial charge on any atom is 0.256 e. The van der Waals surface area contributed by atoms with Gasteiger partial charge in [-0.05, 0) is 34.9 Å². The van der Waals surface area contributed by atoms with Crippen molar-refractivity contribution in [1.82, 2.24) is 9.78 Å². The topological polar surface area (TPSA) is 91.7 Å². The molecule has 1 aliphatic rings. The van der Waals surface area contributed by atoms with Gasteiger partial charge in [0.15, 0.2) is 11.5 Å². The van der Waals surface area contributed by atoms with Gasteiger partial charge in [-0.1, -0.05) is 66.7 Å². The van der Waals surface area contributed by atoms with E-state index in [1.165, 1.54) is 13.2 Å². The Morgan fingerprint density at radius 2 is 1.71 bits per heavy atom. The number of nitrogens with one attached hydrogen (secondary N) is 1. The van der Waals surface area contributed by atoms with Crippen LogP contribution in [0.3, 0.4) is 0 Å². The maximum atomic E-state index is 13.1. The van der Waals surface area contributed by atoms with Gasteiger partial charge < -0.3 is 14.2 Å². The first-order chi connectivity index (χ1) is 17.0. The monoisotopic (exact) mass is 489 g/mol. The van der Waals surface area contributed by atoms with E-state index in [0.717, 1.165) is 16.5 Å². The van der Waals surface area contributed by atoms with Crippen LogP contribution < -0.4 is 18.9 Å². The van der Waals surface area contributed by atoms with Crippen molar-refractivity contribution in [3.63, 3.8) is 0 Å². The molecule has 1 aliphatic heterocycles. The van der Waals surface area contributed by atoms with Crippen molar-refractivity contribution < 1.29 is 22.6 Å². The van der Waals surface area contributed by atoms with E-state index in [9.17, 15) is 8.42 Å². The van der Waals surface area contributed by atoms with Crippen molar-refractivity contribution in [2.24, 2.45) is 0 Å². The summed E-state index contributed by atoms with van der Waals surface area (Å²) in [5, 5.41) is 5.70. The number of anilines is 1. The zero-order chi connectivity index (χ0) is 24.3. The molecule has 0 amide bonds. The molecule has 0 radical (unpaired) electrons. The van der Waals surface area contributed by atoms with Gasteiger partial charge in [-0.25, -0.2) is 13.1 Å². The fourth-order valence-corrected chi connectivity index (χ4v) is 4.65. The van der Waals surface area contributed by atoms with E-state index in [1.54, 1.807) is 16.8 Å². The van der Waals surface area contributed by atoms with Gasteiger partial charge in [-0.2, -0.15) is 0 Å². The number of sulfonamides is 1. The Hall–Kier alpha value is -4.24. The minimum atomic E-state index is -3.89. The molecule has 1 aromatic heterocycles. The normalized spacial score (nSPS) is 12.7. The molecule has 0 spiro atoms. The highest BCUT2D eigenvalue weighted by Gasteiger charge is 2.25. The number of hydrogen-bond acceptors (Lipinski definition) is 6. The summed E-state index contributed by atoms with van der Waals surface area (Å²) in [6.07, 6.45) is 1.54. The zero-order valence-electron chi connectivity index (χ0n) is 18.9. The van der Waals surface area contributed by atoms with E-state index in [2.05, 4.69) is 9.82 Å². The molecule has 5 rings (SSSR count). The predicted molar refractivity (Wildman–Crippen MR) is 134 cm³/mol. The third kappa shape index (κ3) is 4.99. The summed E-state index contributed by atoms with van der Waals surface area (Å²) in [4.78, 5) is 0. The lowest BCUT2D eigenvalue weighted by Gasteiger charge is -2.12. The van der Waals surface area contributed by atoms with Crippen LogP contribution >= 0.6 is 0 Å². The Balaban J connectivity index is 1.59. The van der Waals surface area contributed by atoms with Gasteiger partial charge in [0.1, 0.15) is 5.82 Å². The number of hydrogen-bond donors (Lipinski definition) is 1. The Kier molecular flexibility index (Phi) is 6.15. The van der Waals surface area contributed by atoms with Crippen molar-refractivity contribution in [1.29, 1.82) is 0 Å². The van der Waals surface area contributed by atoms with Gasteiger partial charge >= 0.3 is 0 Å². The largest absolute Gasteiger partial charge is 0.479 e. The molecular weight excluding hydrogens is 466 g/mol. The van der Waals surface area contributed by atoms with Crippen LogP contribution in [0.15, 0.2) is 84.3 Å². The molecule has 0 saturated heterocycles. The number of aromatic nitrogens is 2. The van der Waals surface area contributed by atoms with E-state index in [0.29, 0.717) is 29.2 Å². The lowest BCUT2D eigenvalue weighted by atomic mass is 10.1. The number of nitrogens with zero attached hydrogens (tertiary/aromatic N) is 2. The molecule has 0 atom stereocenters. The molecule has 178 valence electrons. The Morgan fingerprint density at radius 3 is 2.46 bits per heavy atom. The molecule has 9 heteroatoms. The van der Waals surface area contributed by atoms with Crippen LogP contribution in [0.2, 0.25) is 0 Å². The highest BCUT2D eigenvalue weighted by Crippen LogP contribution is 2.42. The van der Waals surface area contributed by atoms with Crippen LogP contribution in [-0.4, -0.2) is 32.1 Å². The first-order valence-corrected chi connectivity index (χ1v) is 12.4. The second kappa shape index (κ2) is 9.55. The molecule has 8 nitrogen and oxygen atoms in total. The highest BCUT2D eigenvalue weighted by atomic mass is 32.2. The highest BCUT2D eigenvalue weighted by molar-refractivity contribution is 7.95. The SMILES string of the molecule is COc1nn(Cc2ccccc2)c(NS(=O)(=O)/C=C/c2ccccc2)c1-c1ccc2c(c1)OCO2. The average Bonchev–Trinajstić information content (AvgIpc) is 3.48. The van der Waals surface area contributed by atoms with E-state index < -0.39 is 10.0 Å². The van der Waals surface area contributed by atoms with E-state index >= 15 is 0 Å². The van der Waals surface area contributed by atoms with Gasteiger partial charge in [-0.15, -0.1) is 5.10 Å². The molecule has 35 heavy (non-hydrogen) atoms. The van der Waals surface area contributed by atoms with Gasteiger partial charge in [0.25, 0.3) is 10.0 Å². The zero-order valence-corrected chi connectivity index (χ0v) is 19.7. The lowest BCUT2D eigenvalue weighted by Crippen LogP contribution is -2.15. The molecular formula is C26H23N3O5S. The smallest absolute Gasteiger partial charge is 0.256 e. The number of fused-ring (bicyclic) bond motifs is 1. The average molecular weight is 490 g/mol. The number of methoxy groups -OCH3 is 1. The molecule has 0 unspecified atom stereocenters. The first kappa shape index (κ1) is 22.5. The molecule has 0 saturated carbocycles. The van der Waals surface area contributed by atoms with Gasteiger partial charge in [-0.3, -0.25) is 4.72 Å². The molecule has 0 bridgehead atoms. The van der Waals surface area contributed by atoms with Crippen LogP contribution in [0.4, 0.5) is 5.82 Å².